The van der Waals surface area contributed by atoms with Crippen LogP contribution >= 0.6 is 11.6 Å². The number of hydrogen-bond acceptors (Lipinski definition) is 3. The number of hydrogen-bond donors (Lipinski definition) is 1. The molecule has 106 valence electrons. The van der Waals surface area contributed by atoms with E-state index in [9.17, 15) is 12.8 Å². The third kappa shape index (κ3) is 2.76. The molecule has 1 aromatic carbocycles. The van der Waals surface area contributed by atoms with Gasteiger partial charge in [-0.15, -0.1) is 0 Å². The van der Waals surface area contributed by atoms with Gasteiger partial charge in [0.25, 0.3) is 0 Å². The first kappa shape index (κ1) is 14.7. The van der Waals surface area contributed by atoms with Crippen LogP contribution in [0.25, 0.3) is 0 Å². The molecule has 0 spiro atoms. The monoisotopic (exact) mass is 306 g/mol. The molecule has 1 aliphatic rings. The van der Waals surface area contributed by atoms with Crippen molar-refractivity contribution in [2.45, 2.75) is 24.3 Å². The van der Waals surface area contributed by atoms with Crippen molar-refractivity contribution in [3.05, 3.63) is 29.0 Å². The van der Waals surface area contributed by atoms with Crippen molar-refractivity contribution in [1.29, 1.82) is 0 Å². The Kier molecular flexibility index (Phi) is 3.88. The predicted molar refractivity (Wildman–Crippen MR) is 72.3 cm³/mol. The number of sulfonamides is 1. The molecule has 2 rings (SSSR count). The number of benzene rings is 1. The first-order valence-corrected chi connectivity index (χ1v) is 7.75. The van der Waals surface area contributed by atoms with E-state index >= 15 is 0 Å². The van der Waals surface area contributed by atoms with Gasteiger partial charge in [0.2, 0.25) is 10.0 Å². The fraction of sp³-hybridized carbons (Fsp3) is 0.500. The van der Waals surface area contributed by atoms with Gasteiger partial charge in [0.15, 0.2) is 0 Å². The Hall–Kier alpha value is -0.690. The molecule has 4 nitrogen and oxygen atoms in total. The van der Waals surface area contributed by atoms with E-state index in [-0.39, 0.29) is 9.92 Å². The molecule has 0 amide bonds. The first-order valence-electron chi connectivity index (χ1n) is 5.94. The third-order valence-corrected chi connectivity index (χ3v) is 5.78. The van der Waals surface area contributed by atoms with E-state index in [1.165, 1.54) is 10.4 Å². The van der Waals surface area contributed by atoms with Crippen LogP contribution in [0.3, 0.4) is 0 Å². The van der Waals surface area contributed by atoms with Crippen LogP contribution in [0, 0.1) is 5.82 Å². The number of nitrogens with one attached hydrogen (secondary N) is 1. The molecular weight excluding hydrogens is 291 g/mol. The van der Waals surface area contributed by atoms with Crippen molar-refractivity contribution < 1.29 is 12.8 Å². The molecule has 1 aromatic rings. The van der Waals surface area contributed by atoms with Gasteiger partial charge in [-0.25, -0.2) is 12.8 Å². The van der Waals surface area contributed by atoms with Crippen LogP contribution in [-0.2, 0) is 10.0 Å². The fourth-order valence-electron chi connectivity index (χ4n) is 2.20. The maximum Gasteiger partial charge on any atom is 0.245 e. The van der Waals surface area contributed by atoms with E-state index in [0.717, 1.165) is 12.1 Å². The minimum absolute atomic E-state index is 0.0377. The zero-order chi connectivity index (χ0) is 14.3. The minimum atomic E-state index is -3.80. The van der Waals surface area contributed by atoms with Crippen molar-refractivity contribution >= 4 is 21.6 Å². The van der Waals surface area contributed by atoms with Gasteiger partial charge in [-0.05, 0) is 32.0 Å². The average Bonchev–Trinajstić information content (AvgIpc) is 2.31. The SMILES string of the molecule is CC1(C)CNCCN1S(=O)(=O)c1cc(F)ccc1Cl. The molecule has 1 fully saturated rings. The summed E-state index contributed by atoms with van der Waals surface area (Å²) >= 11 is 5.90. The predicted octanol–water partition coefficient (Wildman–Crippen LogP) is 1.85. The number of halogens is 2. The summed E-state index contributed by atoms with van der Waals surface area (Å²) in [5, 5.41) is 3.18. The van der Waals surface area contributed by atoms with E-state index in [1.807, 2.05) is 13.8 Å². The summed E-state index contributed by atoms with van der Waals surface area (Å²) in [5.41, 5.74) is -0.577. The van der Waals surface area contributed by atoms with Crippen LogP contribution in [0.2, 0.25) is 5.02 Å². The van der Waals surface area contributed by atoms with Crippen molar-refractivity contribution in [2.24, 2.45) is 0 Å². The van der Waals surface area contributed by atoms with E-state index in [2.05, 4.69) is 5.32 Å². The van der Waals surface area contributed by atoms with E-state index < -0.39 is 21.4 Å². The zero-order valence-electron chi connectivity index (χ0n) is 10.8. The molecule has 1 saturated heterocycles. The van der Waals surface area contributed by atoms with Crippen molar-refractivity contribution in [3.8, 4) is 0 Å². The Morgan fingerprint density at radius 3 is 2.74 bits per heavy atom. The number of nitrogens with zero attached hydrogens (tertiary/aromatic N) is 1. The summed E-state index contributed by atoms with van der Waals surface area (Å²) in [4.78, 5) is -0.177. The topological polar surface area (TPSA) is 49.4 Å². The molecule has 0 aromatic heterocycles. The summed E-state index contributed by atoms with van der Waals surface area (Å²) in [6.07, 6.45) is 0. The molecule has 1 aliphatic heterocycles. The summed E-state index contributed by atoms with van der Waals surface area (Å²) in [6, 6.07) is 3.37. The second-order valence-electron chi connectivity index (χ2n) is 5.14. The van der Waals surface area contributed by atoms with Gasteiger partial charge in [0.1, 0.15) is 10.7 Å². The highest BCUT2D eigenvalue weighted by atomic mass is 35.5. The van der Waals surface area contributed by atoms with Crippen molar-refractivity contribution in [2.75, 3.05) is 19.6 Å². The van der Waals surface area contributed by atoms with E-state index in [1.54, 1.807) is 0 Å². The molecule has 0 radical (unpaired) electrons. The van der Waals surface area contributed by atoms with E-state index in [4.69, 9.17) is 11.6 Å². The lowest BCUT2D eigenvalue weighted by Crippen LogP contribution is -2.59. The normalized spacial score (nSPS) is 20.4. The van der Waals surface area contributed by atoms with Crippen LogP contribution in [0.4, 0.5) is 4.39 Å². The maximum absolute atomic E-state index is 13.3. The summed E-state index contributed by atoms with van der Waals surface area (Å²) in [7, 11) is -3.80. The molecule has 0 bridgehead atoms. The Morgan fingerprint density at radius 2 is 2.11 bits per heavy atom. The van der Waals surface area contributed by atoms with Crippen LogP contribution in [0.1, 0.15) is 13.8 Å². The maximum atomic E-state index is 13.3. The molecular formula is C12H16ClFN2O2S. The standard InChI is InChI=1S/C12H16ClFN2O2S/c1-12(2)8-15-5-6-16(12)19(17,18)11-7-9(14)3-4-10(11)13/h3-4,7,15H,5-6,8H2,1-2H3. The van der Waals surface area contributed by atoms with Crippen molar-refractivity contribution in [1.82, 2.24) is 9.62 Å². The smallest absolute Gasteiger partial charge is 0.245 e. The highest BCUT2D eigenvalue weighted by Gasteiger charge is 2.39. The lowest BCUT2D eigenvalue weighted by molar-refractivity contribution is 0.186. The Morgan fingerprint density at radius 1 is 1.42 bits per heavy atom. The second kappa shape index (κ2) is 5.01. The van der Waals surface area contributed by atoms with Crippen molar-refractivity contribution in [3.63, 3.8) is 0 Å². The van der Waals surface area contributed by atoms with Crippen LogP contribution < -0.4 is 5.32 Å². The molecule has 19 heavy (non-hydrogen) atoms. The minimum Gasteiger partial charge on any atom is -0.314 e. The van der Waals surface area contributed by atoms with Crippen LogP contribution in [0.15, 0.2) is 23.1 Å². The van der Waals surface area contributed by atoms with Crippen LogP contribution in [-0.4, -0.2) is 37.9 Å². The third-order valence-electron chi connectivity index (χ3n) is 3.19. The van der Waals surface area contributed by atoms with Gasteiger partial charge in [0, 0.05) is 25.2 Å². The van der Waals surface area contributed by atoms with Gasteiger partial charge in [0.05, 0.1) is 5.02 Å². The van der Waals surface area contributed by atoms with Gasteiger partial charge in [-0.3, -0.25) is 0 Å². The first-order chi connectivity index (χ1) is 8.75. The zero-order valence-corrected chi connectivity index (χ0v) is 12.4. The Balaban J connectivity index is 2.50. The molecule has 0 unspecified atom stereocenters. The molecule has 0 saturated carbocycles. The van der Waals surface area contributed by atoms with Gasteiger partial charge in [-0.1, -0.05) is 11.6 Å². The highest BCUT2D eigenvalue weighted by Crippen LogP contribution is 2.30. The van der Waals surface area contributed by atoms with Crippen LogP contribution in [0.5, 0.6) is 0 Å². The lowest BCUT2D eigenvalue weighted by Gasteiger charge is -2.41. The molecule has 0 atom stereocenters. The fourth-order valence-corrected chi connectivity index (χ4v) is 4.48. The number of piperazine rings is 1. The molecule has 7 heteroatoms. The van der Waals surface area contributed by atoms with Gasteiger partial charge < -0.3 is 5.32 Å². The van der Waals surface area contributed by atoms with E-state index in [0.29, 0.717) is 19.6 Å². The Labute approximate surface area is 117 Å². The second-order valence-corrected chi connectivity index (χ2v) is 7.38. The Bertz CT molecular complexity index is 589. The van der Waals surface area contributed by atoms with Gasteiger partial charge >= 0.3 is 0 Å². The molecule has 0 aliphatic carbocycles. The average molecular weight is 307 g/mol. The quantitative estimate of drug-likeness (QED) is 0.907. The summed E-state index contributed by atoms with van der Waals surface area (Å²) < 4.78 is 39.9. The number of rotatable bonds is 2. The molecule has 1 heterocycles. The molecule has 1 N–H and O–H groups in total. The largest absolute Gasteiger partial charge is 0.314 e. The van der Waals surface area contributed by atoms with Gasteiger partial charge in [-0.2, -0.15) is 4.31 Å². The lowest BCUT2D eigenvalue weighted by atomic mass is 10.0. The summed E-state index contributed by atoms with van der Waals surface area (Å²) in [5.74, 6) is -0.615. The summed E-state index contributed by atoms with van der Waals surface area (Å²) in [6.45, 7) is 5.09. The highest BCUT2D eigenvalue weighted by molar-refractivity contribution is 7.89.